The summed E-state index contributed by atoms with van der Waals surface area (Å²) >= 11 is 0. The van der Waals surface area contributed by atoms with Gasteiger partial charge in [-0.1, -0.05) is 69.7 Å². The third-order valence-corrected chi connectivity index (χ3v) is 4.70. The summed E-state index contributed by atoms with van der Waals surface area (Å²) in [7, 11) is 0. The van der Waals surface area contributed by atoms with Crippen molar-refractivity contribution in [2.45, 2.75) is 71.4 Å². The topological polar surface area (TPSA) is 57.7 Å². The molecule has 0 spiro atoms. The van der Waals surface area contributed by atoms with Crippen LogP contribution in [0.1, 0.15) is 71.4 Å². The Hall–Kier alpha value is -1.93. The molecule has 0 aliphatic rings. The number of unbranched alkanes of at least 4 members (excludes halogenated alkanes) is 5. The van der Waals surface area contributed by atoms with Crippen molar-refractivity contribution >= 4 is 11.0 Å². The standard InChI is InChI=1S/C20H31N5/c1-3-5-6-7-8-11-16-24(17-15-21)20(12-4-2)25-19-14-10-9-13-18(19)22-23-25/h9-10,13-14,20H,3-8,11-12,16-17H2,1-2H3. The van der Waals surface area contributed by atoms with Gasteiger partial charge in [-0.2, -0.15) is 5.26 Å². The number of benzene rings is 1. The zero-order valence-corrected chi connectivity index (χ0v) is 15.7. The van der Waals surface area contributed by atoms with Crippen molar-refractivity contribution in [3.8, 4) is 6.07 Å². The fourth-order valence-corrected chi connectivity index (χ4v) is 3.34. The van der Waals surface area contributed by atoms with Gasteiger partial charge in [0.1, 0.15) is 11.7 Å². The van der Waals surface area contributed by atoms with Crippen molar-refractivity contribution in [1.29, 1.82) is 5.26 Å². The van der Waals surface area contributed by atoms with Crippen LogP contribution in [0.4, 0.5) is 0 Å². The first-order valence-corrected chi connectivity index (χ1v) is 9.72. The van der Waals surface area contributed by atoms with Crippen LogP contribution in [0.25, 0.3) is 11.0 Å². The highest BCUT2D eigenvalue weighted by Crippen LogP contribution is 2.23. The molecular weight excluding hydrogens is 310 g/mol. The molecule has 1 aromatic heterocycles. The Labute approximate surface area is 151 Å². The van der Waals surface area contributed by atoms with Crippen LogP contribution in [0, 0.1) is 11.3 Å². The Bertz CT molecular complexity index is 657. The van der Waals surface area contributed by atoms with Crippen LogP contribution in [0.5, 0.6) is 0 Å². The number of hydrogen-bond donors (Lipinski definition) is 0. The first kappa shape index (κ1) is 19.4. The summed E-state index contributed by atoms with van der Waals surface area (Å²) in [6, 6.07) is 10.4. The lowest BCUT2D eigenvalue weighted by Gasteiger charge is -2.29. The van der Waals surface area contributed by atoms with Crippen LogP contribution in [-0.2, 0) is 0 Å². The highest BCUT2D eigenvalue weighted by atomic mass is 15.5. The average molecular weight is 342 g/mol. The number of hydrogen-bond acceptors (Lipinski definition) is 4. The molecule has 1 unspecified atom stereocenters. The number of rotatable bonds is 12. The van der Waals surface area contributed by atoms with E-state index in [-0.39, 0.29) is 6.17 Å². The van der Waals surface area contributed by atoms with Crippen molar-refractivity contribution in [2.24, 2.45) is 0 Å². The van der Waals surface area contributed by atoms with Gasteiger partial charge in [-0.25, -0.2) is 4.68 Å². The molecule has 0 bridgehead atoms. The van der Waals surface area contributed by atoms with E-state index in [9.17, 15) is 5.26 Å². The molecule has 0 fully saturated rings. The fourth-order valence-electron chi connectivity index (χ4n) is 3.34. The number of fused-ring (bicyclic) bond motifs is 1. The largest absolute Gasteiger partial charge is 0.269 e. The minimum absolute atomic E-state index is 0.104. The summed E-state index contributed by atoms with van der Waals surface area (Å²) in [5.41, 5.74) is 1.96. The van der Waals surface area contributed by atoms with Gasteiger partial charge in [-0.3, -0.25) is 4.90 Å². The smallest absolute Gasteiger partial charge is 0.113 e. The normalized spacial score (nSPS) is 12.6. The van der Waals surface area contributed by atoms with Crippen molar-refractivity contribution in [3.63, 3.8) is 0 Å². The summed E-state index contributed by atoms with van der Waals surface area (Å²) in [6.45, 7) is 5.81. The lowest BCUT2D eigenvalue weighted by Crippen LogP contribution is -2.34. The van der Waals surface area contributed by atoms with Crippen molar-refractivity contribution in [2.75, 3.05) is 13.1 Å². The first-order valence-electron chi connectivity index (χ1n) is 9.72. The van der Waals surface area contributed by atoms with E-state index < -0.39 is 0 Å². The molecule has 25 heavy (non-hydrogen) atoms. The molecule has 5 nitrogen and oxygen atoms in total. The van der Waals surface area contributed by atoms with Gasteiger partial charge in [-0.15, -0.1) is 5.10 Å². The average Bonchev–Trinajstić information content (AvgIpc) is 3.06. The van der Waals surface area contributed by atoms with Crippen molar-refractivity contribution in [1.82, 2.24) is 19.9 Å². The summed E-state index contributed by atoms with van der Waals surface area (Å²) in [4.78, 5) is 2.27. The van der Waals surface area contributed by atoms with E-state index in [4.69, 9.17) is 0 Å². The lowest BCUT2D eigenvalue weighted by molar-refractivity contribution is 0.133. The van der Waals surface area contributed by atoms with Crippen LogP contribution < -0.4 is 0 Å². The lowest BCUT2D eigenvalue weighted by atomic mass is 10.1. The first-order chi connectivity index (χ1) is 12.3. The third kappa shape index (κ3) is 5.54. The molecule has 1 aromatic carbocycles. The second-order valence-corrected chi connectivity index (χ2v) is 6.69. The Morgan fingerprint density at radius 1 is 1.08 bits per heavy atom. The van der Waals surface area contributed by atoms with Gasteiger partial charge < -0.3 is 0 Å². The maximum atomic E-state index is 9.30. The molecule has 0 radical (unpaired) electrons. The molecule has 1 heterocycles. The van der Waals surface area contributed by atoms with Crippen LogP contribution >= 0.6 is 0 Å². The maximum Gasteiger partial charge on any atom is 0.113 e. The Morgan fingerprint density at radius 2 is 1.84 bits per heavy atom. The molecule has 0 N–H and O–H groups in total. The number of nitriles is 1. The molecule has 2 aromatic rings. The molecule has 0 saturated heterocycles. The predicted molar refractivity (Wildman–Crippen MR) is 102 cm³/mol. The quantitative estimate of drug-likeness (QED) is 0.406. The van der Waals surface area contributed by atoms with Crippen molar-refractivity contribution < 1.29 is 0 Å². The monoisotopic (exact) mass is 341 g/mol. The summed E-state index contributed by atoms with van der Waals surface area (Å²) in [5.74, 6) is 0. The number of para-hydroxylation sites is 1. The third-order valence-electron chi connectivity index (χ3n) is 4.70. The zero-order chi connectivity index (χ0) is 17.9. The second-order valence-electron chi connectivity index (χ2n) is 6.69. The Balaban J connectivity index is 2.07. The molecular formula is C20H31N5. The summed E-state index contributed by atoms with van der Waals surface area (Å²) in [6.07, 6.45) is 9.72. The SMILES string of the molecule is CCCCCCCCN(CC#N)C(CCC)n1nnc2ccccc21. The highest BCUT2D eigenvalue weighted by molar-refractivity contribution is 5.73. The predicted octanol–water partition coefficient (Wildman–Crippen LogP) is 4.92. The van der Waals surface area contributed by atoms with E-state index in [0.29, 0.717) is 6.54 Å². The van der Waals surface area contributed by atoms with Crippen LogP contribution in [0.15, 0.2) is 24.3 Å². The van der Waals surface area contributed by atoms with E-state index in [1.807, 2.05) is 22.9 Å². The highest BCUT2D eigenvalue weighted by Gasteiger charge is 2.22. The molecule has 136 valence electrons. The molecule has 0 amide bonds. The van der Waals surface area contributed by atoms with Gasteiger partial charge in [0.15, 0.2) is 0 Å². The van der Waals surface area contributed by atoms with E-state index in [2.05, 4.69) is 41.2 Å². The molecule has 0 aliphatic heterocycles. The zero-order valence-electron chi connectivity index (χ0n) is 15.7. The second kappa shape index (κ2) is 10.8. The Kier molecular flexibility index (Phi) is 8.41. The molecule has 1 atom stereocenters. The fraction of sp³-hybridized carbons (Fsp3) is 0.650. The van der Waals surface area contributed by atoms with Gasteiger partial charge in [-0.05, 0) is 25.0 Å². The Morgan fingerprint density at radius 3 is 2.60 bits per heavy atom. The summed E-state index contributed by atoms with van der Waals surface area (Å²) in [5, 5.41) is 18.0. The maximum absolute atomic E-state index is 9.30. The van der Waals surface area contributed by atoms with Crippen molar-refractivity contribution in [3.05, 3.63) is 24.3 Å². The number of aromatic nitrogens is 3. The molecule has 2 rings (SSSR count). The minimum atomic E-state index is 0.104. The van der Waals surface area contributed by atoms with Gasteiger partial charge >= 0.3 is 0 Å². The van der Waals surface area contributed by atoms with E-state index in [0.717, 1.165) is 36.8 Å². The van der Waals surface area contributed by atoms with Gasteiger partial charge in [0, 0.05) is 6.54 Å². The van der Waals surface area contributed by atoms with Gasteiger partial charge in [0.25, 0.3) is 0 Å². The minimum Gasteiger partial charge on any atom is -0.269 e. The van der Waals surface area contributed by atoms with E-state index >= 15 is 0 Å². The van der Waals surface area contributed by atoms with Crippen LogP contribution in [0.2, 0.25) is 0 Å². The molecule has 5 heteroatoms. The number of nitrogens with zero attached hydrogens (tertiary/aromatic N) is 5. The van der Waals surface area contributed by atoms with Crippen LogP contribution in [0.3, 0.4) is 0 Å². The van der Waals surface area contributed by atoms with Gasteiger partial charge in [0.05, 0.1) is 18.1 Å². The van der Waals surface area contributed by atoms with Gasteiger partial charge in [0.2, 0.25) is 0 Å². The van der Waals surface area contributed by atoms with Crippen LogP contribution in [-0.4, -0.2) is 33.0 Å². The summed E-state index contributed by atoms with van der Waals surface area (Å²) < 4.78 is 2.01. The van der Waals surface area contributed by atoms with E-state index in [1.165, 1.54) is 32.1 Å². The van der Waals surface area contributed by atoms with E-state index in [1.54, 1.807) is 0 Å². The molecule has 0 saturated carbocycles. The molecule has 0 aliphatic carbocycles.